The van der Waals surface area contributed by atoms with E-state index in [0.29, 0.717) is 52.4 Å². The van der Waals surface area contributed by atoms with Gasteiger partial charge in [-0.1, -0.05) is 94.9 Å². The predicted molar refractivity (Wildman–Crippen MR) is 288 cm³/mol. The first-order chi connectivity index (χ1) is 34.8. The maximum Gasteiger partial charge on any atom is 0.407 e. The second kappa shape index (κ2) is 42.1. The highest BCUT2D eigenvalue weighted by molar-refractivity contribution is 5.70. The highest BCUT2D eigenvalue weighted by atomic mass is 16.6. The zero-order valence-electron chi connectivity index (χ0n) is 49.1. The Kier molecular flexibility index (Phi) is 40.9. The van der Waals surface area contributed by atoms with Gasteiger partial charge >= 0.3 is 36.3 Å². The molecule has 1 fully saturated rings. The van der Waals surface area contributed by atoms with E-state index in [1.54, 1.807) is 21.3 Å². The van der Waals surface area contributed by atoms with E-state index in [1.807, 2.05) is 48.5 Å². The molecule has 1 rings (SSSR count). The Hall–Kier alpha value is -4.10. The number of carbonyl (C=O) groups excluding carboxylic acids is 6. The molecule has 19 nitrogen and oxygen atoms in total. The van der Waals surface area contributed by atoms with Crippen LogP contribution < -0.4 is 21.3 Å². The molecule has 0 spiro atoms. The molecular weight excluding hydrogens is 957 g/mol. The van der Waals surface area contributed by atoms with Crippen molar-refractivity contribution in [1.82, 2.24) is 21.3 Å². The molecule has 74 heavy (non-hydrogen) atoms. The number of hydrogen-bond donors (Lipinski definition) is 4. The summed E-state index contributed by atoms with van der Waals surface area (Å²) in [5.41, 5.74) is -0.000148. The van der Waals surface area contributed by atoms with Gasteiger partial charge in [0.1, 0.15) is 32.0 Å². The summed E-state index contributed by atoms with van der Waals surface area (Å²) in [5.74, 6) is -0.0563. The van der Waals surface area contributed by atoms with Crippen molar-refractivity contribution >= 4 is 36.3 Å². The lowest BCUT2D eigenvalue weighted by atomic mass is 9.62. The van der Waals surface area contributed by atoms with E-state index in [0.717, 1.165) is 89.9 Å². The Morgan fingerprint density at radius 2 is 1.03 bits per heavy atom. The summed E-state index contributed by atoms with van der Waals surface area (Å²) >= 11 is 0. The number of nitrogens with one attached hydrogen (secondary N) is 4. The van der Waals surface area contributed by atoms with E-state index in [1.165, 1.54) is 0 Å². The van der Waals surface area contributed by atoms with Gasteiger partial charge < -0.3 is 63.9 Å². The molecule has 0 aromatic heterocycles. The van der Waals surface area contributed by atoms with Crippen molar-refractivity contribution in [2.45, 2.75) is 223 Å². The van der Waals surface area contributed by atoms with Crippen molar-refractivity contribution in [2.75, 3.05) is 74.1 Å². The summed E-state index contributed by atoms with van der Waals surface area (Å²) < 4.78 is 45.4. The SMILES string of the molecule is CCC(C)OC(=O)CCCCCCCCC(=O)OCCOC.CCC(C)OC(=O)NC(CC(C)CNC(=O)OCCOC)CC(C)(C)C.CCC(C)OC(=O)NC1CC(C)(C)CC(C)(CNC(=O)OCCOC)C1. The first-order valence-corrected chi connectivity index (χ1v) is 27.3. The number of hydrogen-bond acceptors (Lipinski definition) is 15. The van der Waals surface area contributed by atoms with Crippen LogP contribution in [0.3, 0.4) is 0 Å². The van der Waals surface area contributed by atoms with Crippen LogP contribution in [0, 0.1) is 22.2 Å². The third-order valence-electron chi connectivity index (χ3n) is 12.2. The van der Waals surface area contributed by atoms with E-state index in [9.17, 15) is 28.8 Å². The Labute approximate surface area is 447 Å². The standard InChI is InChI=1S/C19H36N2O5.C19H38N2O5.C17H32O5/c1-7-14(2)26-17(23)21-15-10-18(3,4)12-19(5,11-15)13-20-16(22)25-9-8-24-6;1-8-15(3)26-18(23)21-16(12-19(4,5)6)11-14(2)13-20-17(22)25-10-9-24-7;1-4-15(2)22-17(19)12-10-8-6-5-7-9-11-16(18)21-14-13-20-3/h14-15H,7-13H2,1-6H3,(H,20,22)(H,21,23);14-16H,8-13H2,1-7H3,(H,20,22)(H,21,23);15H,4-14H2,1-3H3. The summed E-state index contributed by atoms with van der Waals surface area (Å²) in [6.45, 7) is 29.6. The first-order valence-electron chi connectivity index (χ1n) is 27.3. The number of carbonyl (C=O) groups is 6. The molecule has 436 valence electrons. The lowest BCUT2D eigenvalue weighted by Crippen LogP contribution is -2.50. The molecule has 0 saturated heterocycles. The zero-order valence-corrected chi connectivity index (χ0v) is 49.1. The van der Waals surface area contributed by atoms with E-state index < -0.39 is 12.2 Å². The van der Waals surface area contributed by atoms with E-state index in [2.05, 4.69) is 62.8 Å². The molecule has 0 aromatic rings. The third-order valence-corrected chi connectivity index (χ3v) is 12.2. The number of esters is 2. The van der Waals surface area contributed by atoms with E-state index in [4.69, 9.17) is 42.6 Å². The molecule has 0 aliphatic heterocycles. The topological polar surface area (TPSA) is 234 Å². The van der Waals surface area contributed by atoms with Gasteiger partial charge in [0.15, 0.2) is 0 Å². The number of rotatable bonds is 33. The number of ether oxygens (including phenoxy) is 9. The predicted octanol–water partition coefficient (Wildman–Crippen LogP) is 10.8. The minimum absolute atomic E-state index is 0.0200. The van der Waals surface area contributed by atoms with Crippen LogP contribution in [-0.2, 0) is 52.2 Å². The second-order valence-electron chi connectivity index (χ2n) is 22.1. The van der Waals surface area contributed by atoms with Gasteiger partial charge in [0.25, 0.3) is 0 Å². The Bertz CT molecular complexity index is 1490. The molecule has 7 unspecified atom stereocenters. The Morgan fingerprint density at radius 1 is 0.568 bits per heavy atom. The highest BCUT2D eigenvalue weighted by Crippen LogP contribution is 2.45. The highest BCUT2D eigenvalue weighted by Gasteiger charge is 2.42. The summed E-state index contributed by atoms with van der Waals surface area (Å²) in [7, 11) is 4.70. The second-order valence-corrected chi connectivity index (χ2v) is 22.1. The van der Waals surface area contributed by atoms with Gasteiger partial charge in [-0.2, -0.15) is 0 Å². The van der Waals surface area contributed by atoms with Gasteiger partial charge in [0.2, 0.25) is 0 Å². The number of methoxy groups -OCH3 is 3. The molecular formula is C55H106N4O15. The van der Waals surface area contributed by atoms with Gasteiger partial charge in [-0.25, -0.2) is 19.2 Å². The largest absolute Gasteiger partial charge is 0.463 e. The van der Waals surface area contributed by atoms with Gasteiger partial charge in [-0.3, -0.25) is 9.59 Å². The maximum atomic E-state index is 12.1. The summed E-state index contributed by atoms with van der Waals surface area (Å²) in [6.07, 6.45) is 11.8. The van der Waals surface area contributed by atoms with Crippen molar-refractivity contribution in [1.29, 1.82) is 0 Å². The molecule has 0 heterocycles. The van der Waals surface area contributed by atoms with Crippen molar-refractivity contribution < 1.29 is 71.4 Å². The zero-order chi connectivity index (χ0) is 56.6. The lowest BCUT2D eigenvalue weighted by molar-refractivity contribution is -0.148. The average Bonchev–Trinajstić information content (AvgIpc) is 3.30. The third kappa shape index (κ3) is 43.2. The molecule has 1 aliphatic carbocycles. The van der Waals surface area contributed by atoms with Crippen LogP contribution in [0.4, 0.5) is 19.2 Å². The summed E-state index contributed by atoms with van der Waals surface area (Å²) in [5, 5.41) is 11.6. The van der Waals surface area contributed by atoms with Crippen LogP contribution >= 0.6 is 0 Å². The molecule has 0 aromatic carbocycles. The van der Waals surface area contributed by atoms with Crippen LogP contribution in [0.15, 0.2) is 0 Å². The number of amides is 4. The molecule has 7 atom stereocenters. The van der Waals surface area contributed by atoms with Crippen molar-refractivity contribution in [3.63, 3.8) is 0 Å². The smallest absolute Gasteiger partial charge is 0.407 e. The fraction of sp³-hybridized carbons (Fsp3) is 0.891. The minimum atomic E-state index is -0.453. The van der Waals surface area contributed by atoms with Crippen LogP contribution in [-0.4, -0.2) is 141 Å². The Balaban J connectivity index is 0. The molecule has 19 heteroatoms. The number of unbranched alkanes of at least 4 members (excludes halogenated alkanes) is 5. The summed E-state index contributed by atoms with van der Waals surface area (Å²) in [4.78, 5) is 70.3. The van der Waals surface area contributed by atoms with Crippen molar-refractivity contribution in [3.05, 3.63) is 0 Å². The lowest BCUT2D eigenvalue weighted by Gasteiger charge is -2.46. The summed E-state index contributed by atoms with van der Waals surface area (Å²) in [6, 6.07) is -0.000476. The molecule has 4 N–H and O–H groups in total. The fourth-order valence-corrected chi connectivity index (χ4v) is 8.31. The van der Waals surface area contributed by atoms with E-state index in [-0.39, 0.29) is 89.9 Å². The van der Waals surface area contributed by atoms with Gasteiger partial charge in [-0.15, -0.1) is 0 Å². The first kappa shape index (κ1) is 72.0. The van der Waals surface area contributed by atoms with Crippen LogP contribution in [0.25, 0.3) is 0 Å². The normalized spacial score (nSPS) is 17.9. The molecule has 4 amide bonds. The maximum absolute atomic E-state index is 12.1. The quantitative estimate of drug-likeness (QED) is 0.0272. The van der Waals surface area contributed by atoms with E-state index >= 15 is 0 Å². The fourth-order valence-electron chi connectivity index (χ4n) is 8.31. The average molecular weight is 1060 g/mol. The molecule has 0 bridgehead atoms. The molecule has 0 radical (unpaired) electrons. The monoisotopic (exact) mass is 1060 g/mol. The van der Waals surface area contributed by atoms with Gasteiger partial charge in [0.05, 0.1) is 25.9 Å². The number of alkyl carbamates (subject to hydrolysis) is 4. The van der Waals surface area contributed by atoms with Crippen molar-refractivity contribution in [2.24, 2.45) is 22.2 Å². The molecule has 1 saturated carbocycles. The Morgan fingerprint density at radius 3 is 1.53 bits per heavy atom. The van der Waals surface area contributed by atoms with Gasteiger partial charge in [-0.05, 0) is 107 Å². The van der Waals surface area contributed by atoms with Crippen LogP contribution in [0.5, 0.6) is 0 Å². The van der Waals surface area contributed by atoms with Crippen LogP contribution in [0.1, 0.15) is 193 Å². The minimum Gasteiger partial charge on any atom is -0.463 e. The van der Waals surface area contributed by atoms with Crippen LogP contribution in [0.2, 0.25) is 0 Å². The van der Waals surface area contributed by atoms with Gasteiger partial charge in [0, 0.05) is 59.3 Å². The molecule has 1 aliphatic rings. The van der Waals surface area contributed by atoms with Crippen molar-refractivity contribution in [3.8, 4) is 0 Å².